The Morgan fingerprint density at radius 1 is 1.17 bits per heavy atom. The SMILES string of the molecule is O=C(c1ccc(-c2noc(C(F)(F)F)n2)cc1)N1CCNCC1. The molecule has 1 aromatic carbocycles. The second kappa shape index (κ2) is 5.99. The highest BCUT2D eigenvalue weighted by atomic mass is 19.4. The third kappa shape index (κ3) is 3.34. The van der Waals surface area contributed by atoms with Crippen molar-refractivity contribution in [3.63, 3.8) is 0 Å². The largest absolute Gasteiger partial charge is 0.471 e. The van der Waals surface area contributed by atoms with Crippen molar-refractivity contribution in [3.8, 4) is 11.4 Å². The quantitative estimate of drug-likeness (QED) is 0.911. The minimum atomic E-state index is -4.68. The lowest BCUT2D eigenvalue weighted by atomic mass is 10.1. The van der Waals surface area contributed by atoms with Crippen LogP contribution in [-0.4, -0.2) is 47.1 Å². The number of alkyl halides is 3. The molecule has 0 unspecified atom stereocenters. The summed E-state index contributed by atoms with van der Waals surface area (Å²) in [5.74, 6) is -1.67. The maximum atomic E-state index is 12.4. The lowest BCUT2D eigenvalue weighted by Crippen LogP contribution is -2.46. The van der Waals surface area contributed by atoms with E-state index in [1.165, 1.54) is 12.1 Å². The Morgan fingerprint density at radius 3 is 2.39 bits per heavy atom. The van der Waals surface area contributed by atoms with Gasteiger partial charge in [-0.1, -0.05) is 17.3 Å². The molecule has 2 heterocycles. The number of carbonyl (C=O) groups is 1. The molecule has 9 heteroatoms. The number of halogens is 3. The summed E-state index contributed by atoms with van der Waals surface area (Å²) < 4.78 is 41.5. The summed E-state index contributed by atoms with van der Waals surface area (Å²) in [6.07, 6.45) is -4.68. The summed E-state index contributed by atoms with van der Waals surface area (Å²) in [5.41, 5.74) is 0.816. The highest BCUT2D eigenvalue weighted by molar-refractivity contribution is 5.94. The van der Waals surface area contributed by atoms with Crippen LogP contribution in [0.15, 0.2) is 28.8 Å². The van der Waals surface area contributed by atoms with Crippen LogP contribution in [-0.2, 0) is 6.18 Å². The summed E-state index contributed by atoms with van der Waals surface area (Å²) in [4.78, 5) is 17.3. The van der Waals surface area contributed by atoms with Gasteiger partial charge in [0.15, 0.2) is 0 Å². The van der Waals surface area contributed by atoms with Gasteiger partial charge in [-0.3, -0.25) is 4.79 Å². The summed E-state index contributed by atoms with van der Waals surface area (Å²) in [6.45, 7) is 2.74. The van der Waals surface area contributed by atoms with Crippen LogP contribution in [0, 0.1) is 0 Å². The van der Waals surface area contributed by atoms with E-state index in [0.717, 1.165) is 13.1 Å². The molecule has 3 rings (SSSR count). The zero-order valence-corrected chi connectivity index (χ0v) is 11.9. The number of rotatable bonds is 2. The molecule has 1 aliphatic heterocycles. The Hall–Kier alpha value is -2.42. The number of amides is 1. The molecule has 1 N–H and O–H groups in total. The van der Waals surface area contributed by atoms with Crippen LogP contribution in [0.2, 0.25) is 0 Å². The minimum Gasteiger partial charge on any atom is -0.336 e. The van der Waals surface area contributed by atoms with E-state index in [-0.39, 0.29) is 11.7 Å². The topological polar surface area (TPSA) is 71.3 Å². The molecule has 1 fully saturated rings. The Balaban J connectivity index is 1.76. The third-order valence-electron chi connectivity index (χ3n) is 3.46. The van der Waals surface area contributed by atoms with E-state index in [9.17, 15) is 18.0 Å². The summed E-state index contributed by atoms with van der Waals surface area (Å²) >= 11 is 0. The number of benzene rings is 1. The second-order valence-electron chi connectivity index (χ2n) is 5.04. The Kier molecular flexibility index (Phi) is 4.03. The molecule has 122 valence electrons. The fraction of sp³-hybridized carbons (Fsp3) is 0.357. The van der Waals surface area contributed by atoms with Gasteiger partial charge in [0.25, 0.3) is 5.91 Å². The standard InChI is InChI=1S/C14H13F3N4O2/c15-14(16,17)13-19-11(20-23-13)9-1-3-10(4-2-9)12(22)21-7-5-18-6-8-21/h1-4,18H,5-8H2. The predicted octanol–water partition coefficient (Wildman–Crippen LogP) is 1.80. The summed E-state index contributed by atoms with van der Waals surface area (Å²) in [5, 5.41) is 6.46. The first-order valence-corrected chi connectivity index (χ1v) is 6.96. The van der Waals surface area contributed by atoms with Crippen LogP contribution in [0.4, 0.5) is 13.2 Å². The number of hydrogen-bond acceptors (Lipinski definition) is 5. The monoisotopic (exact) mass is 326 g/mol. The average molecular weight is 326 g/mol. The fourth-order valence-corrected chi connectivity index (χ4v) is 2.27. The highest BCUT2D eigenvalue weighted by Gasteiger charge is 2.38. The zero-order valence-electron chi connectivity index (χ0n) is 11.9. The first kappa shape index (κ1) is 15.5. The minimum absolute atomic E-state index is 0.109. The predicted molar refractivity (Wildman–Crippen MR) is 73.5 cm³/mol. The molecule has 0 spiro atoms. The van der Waals surface area contributed by atoms with Gasteiger partial charge in [-0.15, -0.1) is 0 Å². The number of hydrogen-bond donors (Lipinski definition) is 1. The maximum absolute atomic E-state index is 12.4. The molecular formula is C14H13F3N4O2. The lowest BCUT2D eigenvalue weighted by molar-refractivity contribution is -0.159. The van der Waals surface area contributed by atoms with Crippen LogP contribution in [0.25, 0.3) is 11.4 Å². The number of carbonyl (C=O) groups excluding carboxylic acids is 1. The van der Waals surface area contributed by atoms with Gasteiger partial charge in [0, 0.05) is 37.3 Å². The van der Waals surface area contributed by atoms with Gasteiger partial charge in [0.05, 0.1) is 0 Å². The molecule has 0 bridgehead atoms. The van der Waals surface area contributed by atoms with E-state index in [1.807, 2.05) is 0 Å². The van der Waals surface area contributed by atoms with Crippen molar-refractivity contribution < 1.29 is 22.5 Å². The molecule has 1 aromatic heterocycles. The smallest absolute Gasteiger partial charge is 0.336 e. The normalized spacial score (nSPS) is 15.7. The van der Waals surface area contributed by atoms with E-state index in [4.69, 9.17) is 0 Å². The van der Waals surface area contributed by atoms with Gasteiger partial charge >= 0.3 is 12.1 Å². The van der Waals surface area contributed by atoms with Gasteiger partial charge in [0.2, 0.25) is 5.82 Å². The Labute approximate surface area is 129 Å². The molecule has 0 radical (unpaired) electrons. The average Bonchev–Trinajstić information content (AvgIpc) is 3.05. The highest BCUT2D eigenvalue weighted by Crippen LogP contribution is 2.29. The second-order valence-corrected chi connectivity index (χ2v) is 5.04. The maximum Gasteiger partial charge on any atom is 0.471 e. The first-order valence-electron chi connectivity index (χ1n) is 6.96. The van der Waals surface area contributed by atoms with Gasteiger partial charge in [-0.2, -0.15) is 18.2 Å². The van der Waals surface area contributed by atoms with Crippen LogP contribution < -0.4 is 5.32 Å². The molecular weight excluding hydrogens is 313 g/mol. The third-order valence-corrected chi connectivity index (χ3v) is 3.46. The van der Waals surface area contributed by atoms with Gasteiger partial charge in [-0.25, -0.2) is 0 Å². The fourth-order valence-electron chi connectivity index (χ4n) is 2.27. The molecule has 1 amide bonds. The Morgan fingerprint density at radius 2 is 1.83 bits per heavy atom. The van der Waals surface area contributed by atoms with E-state index in [2.05, 4.69) is 20.0 Å². The van der Waals surface area contributed by atoms with Crippen LogP contribution in [0.5, 0.6) is 0 Å². The van der Waals surface area contributed by atoms with Crippen LogP contribution in [0.3, 0.4) is 0 Å². The van der Waals surface area contributed by atoms with Crippen molar-refractivity contribution in [1.29, 1.82) is 0 Å². The molecule has 23 heavy (non-hydrogen) atoms. The number of nitrogens with zero attached hydrogens (tertiary/aromatic N) is 3. The van der Waals surface area contributed by atoms with E-state index >= 15 is 0 Å². The van der Waals surface area contributed by atoms with E-state index < -0.39 is 12.1 Å². The number of aromatic nitrogens is 2. The van der Waals surface area contributed by atoms with Crippen molar-refractivity contribution in [1.82, 2.24) is 20.4 Å². The lowest BCUT2D eigenvalue weighted by Gasteiger charge is -2.27. The number of nitrogens with one attached hydrogen (secondary N) is 1. The molecule has 1 aliphatic rings. The first-order chi connectivity index (χ1) is 10.9. The summed E-state index contributed by atoms with van der Waals surface area (Å²) in [7, 11) is 0. The van der Waals surface area contributed by atoms with E-state index in [1.54, 1.807) is 17.0 Å². The van der Waals surface area contributed by atoms with Gasteiger partial charge in [0.1, 0.15) is 0 Å². The van der Waals surface area contributed by atoms with E-state index in [0.29, 0.717) is 24.2 Å². The van der Waals surface area contributed by atoms with Gasteiger partial charge in [-0.05, 0) is 12.1 Å². The van der Waals surface area contributed by atoms with Crippen LogP contribution in [0.1, 0.15) is 16.2 Å². The summed E-state index contributed by atoms with van der Waals surface area (Å²) in [6, 6.07) is 6.09. The molecule has 2 aromatic rings. The molecule has 0 atom stereocenters. The number of piperazine rings is 1. The van der Waals surface area contributed by atoms with Crippen LogP contribution >= 0.6 is 0 Å². The molecule has 6 nitrogen and oxygen atoms in total. The Bertz CT molecular complexity index is 691. The van der Waals surface area contributed by atoms with Crippen molar-refractivity contribution in [2.75, 3.05) is 26.2 Å². The molecule has 0 saturated carbocycles. The zero-order chi connectivity index (χ0) is 16.4. The van der Waals surface area contributed by atoms with Crippen molar-refractivity contribution in [2.45, 2.75) is 6.18 Å². The van der Waals surface area contributed by atoms with Gasteiger partial charge < -0.3 is 14.7 Å². The molecule has 0 aliphatic carbocycles. The van der Waals surface area contributed by atoms with Crippen molar-refractivity contribution in [2.24, 2.45) is 0 Å². The van der Waals surface area contributed by atoms with Crippen molar-refractivity contribution in [3.05, 3.63) is 35.7 Å². The van der Waals surface area contributed by atoms with Crippen molar-refractivity contribution >= 4 is 5.91 Å². The molecule has 1 saturated heterocycles.